The fraction of sp³-hybridized carbons (Fsp3) is 0.474. The number of ether oxygens (including phenoxy) is 3. The number of rotatable bonds is 4. The molecule has 0 aliphatic carbocycles. The van der Waals surface area contributed by atoms with E-state index >= 15 is 0 Å². The van der Waals surface area contributed by atoms with E-state index in [0.29, 0.717) is 43.5 Å². The molecule has 0 saturated carbocycles. The normalized spacial score (nSPS) is 19.7. The van der Waals surface area contributed by atoms with Gasteiger partial charge in [0.25, 0.3) is 5.91 Å². The van der Waals surface area contributed by atoms with E-state index in [1.54, 1.807) is 23.1 Å². The Morgan fingerprint density at radius 3 is 2.47 bits per heavy atom. The van der Waals surface area contributed by atoms with Crippen LogP contribution in [0.5, 0.6) is 11.5 Å². The maximum Gasteiger partial charge on any atom is 0.429 e. The van der Waals surface area contributed by atoms with Gasteiger partial charge in [-0.3, -0.25) is 4.79 Å². The van der Waals surface area contributed by atoms with Gasteiger partial charge in [-0.25, -0.2) is 4.99 Å². The summed E-state index contributed by atoms with van der Waals surface area (Å²) in [4.78, 5) is 19.4. The van der Waals surface area contributed by atoms with Crippen LogP contribution in [0.3, 0.4) is 0 Å². The SMILES string of the molecule is COc1ccc(NC(=O)C2=CN(C)C(C(F)(F)F)N=C2N2CCOCC2)cc1OC. The van der Waals surface area contributed by atoms with Crippen molar-refractivity contribution in [3.05, 3.63) is 30.0 Å². The van der Waals surface area contributed by atoms with Crippen molar-refractivity contribution in [2.24, 2.45) is 4.99 Å². The minimum Gasteiger partial charge on any atom is -0.493 e. The molecule has 1 amide bonds. The van der Waals surface area contributed by atoms with Crippen LogP contribution in [0.15, 0.2) is 35.0 Å². The number of carbonyl (C=O) groups excluding carboxylic acids is 1. The molecule has 1 fully saturated rings. The van der Waals surface area contributed by atoms with Crippen LogP contribution in [-0.4, -0.2) is 81.5 Å². The van der Waals surface area contributed by atoms with E-state index in [1.807, 2.05) is 0 Å². The van der Waals surface area contributed by atoms with Crippen molar-refractivity contribution < 1.29 is 32.2 Å². The van der Waals surface area contributed by atoms with Crippen LogP contribution in [0.4, 0.5) is 18.9 Å². The molecular weight excluding hydrogens is 405 g/mol. The predicted molar refractivity (Wildman–Crippen MR) is 104 cm³/mol. The van der Waals surface area contributed by atoms with Gasteiger partial charge >= 0.3 is 6.18 Å². The highest BCUT2D eigenvalue weighted by molar-refractivity contribution is 6.24. The number of nitrogens with zero attached hydrogens (tertiary/aromatic N) is 3. The van der Waals surface area contributed by atoms with E-state index < -0.39 is 18.2 Å². The van der Waals surface area contributed by atoms with Gasteiger partial charge in [-0.1, -0.05) is 0 Å². The first-order chi connectivity index (χ1) is 14.2. The standard InChI is InChI=1S/C19H23F3N4O4/c1-25-11-13(17(27)23-12-4-5-14(28-2)15(10-12)29-3)16(24-18(25)19(20,21)22)26-6-8-30-9-7-26/h4-5,10-11,18H,6-9H2,1-3H3,(H,23,27). The second kappa shape index (κ2) is 8.82. The number of aliphatic imine (C=N–C) groups is 1. The van der Waals surface area contributed by atoms with Crippen LogP contribution in [0.1, 0.15) is 0 Å². The van der Waals surface area contributed by atoms with E-state index in [1.165, 1.54) is 27.5 Å². The van der Waals surface area contributed by atoms with Gasteiger partial charge in [-0.2, -0.15) is 13.2 Å². The van der Waals surface area contributed by atoms with Crippen LogP contribution in [0, 0.1) is 0 Å². The lowest BCUT2D eigenvalue weighted by Crippen LogP contribution is -2.50. The number of hydrogen-bond donors (Lipinski definition) is 1. The number of halogens is 3. The Morgan fingerprint density at radius 1 is 1.20 bits per heavy atom. The topological polar surface area (TPSA) is 75.6 Å². The molecule has 1 saturated heterocycles. The Labute approximate surface area is 171 Å². The maximum absolute atomic E-state index is 13.4. The first kappa shape index (κ1) is 21.8. The van der Waals surface area contributed by atoms with E-state index in [-0.39, 0.29) is 11.4 Å². The van der Waals surface area contributed by atoms with Crippen LogP contribution in [-0.2, 0) is 9.53 Å². The Kier molecular flexibility index (Phi) is 6.40. The van der Waals surface area contributed by atoms with Crippen LogP contribution >= 0.6 is 0 Å². The minimum absolute atomic E-state index is 0.00305. The largest absolute Gasteiger partial charge is 0.493 e. The summed E-state index contributed by atoms with van der Waals surface area (Å²) >= 11 is 0. The molecule has 0 radical (unpaired) electrons. The van der Waals surface area contributed by atoms with Crippen molar-refractivity contribution in [2.45, 2.75) is 12.3 Å². The Balaban J connectivity index is 1.89. The molecule has 3 rings (SSSR count). The summed E-state index contributed by atoms with van der Waals surface area (Å²) in [6.07, 6.45) is -5.46. The van der Waals surface area contributed by atoms with Crippen molar-refractivity contribution in [1.29, 1.82) is 0 Å². The number of benzene rings is 1. The monoisotopic (exact) mass is 428 g/mol. The van der Waals surface area contributed by atoms with E-state index in [0.717, 1.165) is 4.90 Å². The van der Waals surface area contributed by atoms with Crippen molar-refractivity contribution in [1.82, 2.24) is 9.80 Å². The number of anilines is 1. The van der Waals surface area contributed by atoms with Gasteiger partial charge < -0.3 is 29.3 Å². The quantitative estimate of drug-likeness (QED) is 0.792. The van der Waals surface area contributed by atoms with E-state index in [9.17, 15) is 18.0 Å². The van der Waals surface area contributed by atoms with E-state index in [2.05, 4.69) is 10.3 Å². The number of amides is 1. The smallest absolute Gasteiger partial charge is 0.429 e. The zero-order valence-corrected chi connectivity index (χ0v) is 16.8. The van der Waals surface area contributed by atoms with Crippen molar-refractivity contribution in [3.8, 4) is 11.5 Å². The second-order valence-electron chi connectivity index (χ2n) is 6.70. The summed E-state index contributed by atoms with van der Waals surface area (Å²) < 4.78 is 55.9. The first-order valence-corrected chi connectivity index (χ1v) is 9.19. The Bertz CT molecular complexity index is 851. The lowest BCUT2D eigenvalue weighted by molar-refractivity contribution is -0.172. The molecule has 1 N–H and O–H groups in total. The van der Waals surface area contributed by atoms with Crippen molar-refractivity contribution in [3.63, 3.8) is 0 Å². The molecule has 1 aromatic carbocycles. The highest BCUT2D eigenvalue weighted by atomic mass is 19.4. The molecule has 1 aromatic rings. The summed E-state index contributed by atoms with van der Waals surface area (Å²) in [7, 11) is 4.19. The third kappa shape index (κ3) is 4.61. The number of hydrogen-bond acceptors (Lipinski definition) is 7. The lowest BCUT2D eigenvalue weighted by Gasteiger charge is -2.36. The van der Waals surface area contributed by atoms with Gasteiger partial charge in [0, 0.05) is 38.1 Å². The maximum atomic E-state index is 13.4. The molecule has 164 valence electrons. The molecule has 1 unspecified atom stereocenters. The summed E-state index contributed by atoms with van der Waals surface area (Å²) in [5.74, 6) is 0.302. The molecule has 2 aliphatic rings. The molecule has 30 heavy (non-hydrogen) atoms. The fourth-order valence-corrected chi connectivity index (χ4v) is 3.21. The lowest BCUT2D eigenvalue weighted by atomic mass is 10.1. The summed E-state index contributed by atoms with van der Waals surface area (Å²) in [5, 5.41) is 2.69. The average Bonchev–Trinajstić information content (AvgIpc) is 2.73. The zero-order valence-electron chi connectivity index (χ0n) is 16.8. The van der Waals surface area contributed by atoms with Crippen LogP contribution < -0.4 is 14.8 Å². The highest BCUT2D eigenvalue weighted by Crippen LogP contribution is 2.32. The summed E-state index contributed by atoms with van der Waals surface area (Å²) in [5.41, 5.74) is 0.440. The molecule has 0 aromatic heterocycles. The van der Waals surface area contributed by atoms with Gasteiger partial charge in [0.2, 0.25) is 6.17 Å². The van der Waals surface area contributed by atoms with Crippen LogP contribution in [0.2, 0.25) is 0 Å². The van der Waals surface area contributed by atoms with Gasteiger partial charge in [0.05, 0.1) is 33.0 Å². The molecule has 1 atom stereocenters. The molecule has 2 heterocycles. The van der Waals surface area contributed by atoms with Crippen molar-refractivity contribution in [2.75, 3.05) is 52.9 Å². The highest BCUT2D eigenvalue weighted by Gasteiger charge is 2.45. The molecule has 8 nitrogen and oxygen atoms in total. The summed E-state index contributed by atoms with van der Waals surface area (Å²) in [6.45, 7) is 1.37. The average molecular weight is 428 g/mol. The molecule has 0 bridgehead atoms. The Morgan fingerprint density at radius 2 is 1.87 bits per heavy atom. The number of carbonyl (C=O) groups is 1. The van der Waals surface area contributed by atoms with Gasteiger partial charge in [0.15, 0.2) is 11.5 Å². The third-order valence-electron chi connectivity index (χ3n) is 4.69. The van der Waals surface area contributed by atoms with Gasteiger partial charge in [-0.05, 0) is 12.1 Å². The van der Waals surface area contributed by atoms with Crippen LogP contribution in [0.25, 0.3) is 0 Å². The molecule has 2 aliphatic heterocycles. The fourth-order valence-electron chi connectivity index (χ4n) is 3.21. The zero-order chi connectivity index (χ0) is 21.9. The van der Waals surface area contributed by atoms with Gasteiger partial charge in [0.1, 0.15) is 5.84 Å². The summed E-state index contributed by atoms with van der Waals surface area (Å²) in [6, 6.07) is 4.79. The number of morpholine rings is 1. The third-order valence-corrected chi connectivity index (χ3v) is 4.69. The van der Waals surface area contributed by atoms with Crippen molar-refractivity contribution >= 4 is 17.4 Å². The van der Waals surface area contributed by atoms with E-state index in [4.69, 9.17) is 14.2 Å². The number of methoxy groups -OCH3 is 2. The van der Waals surface area contributed by atoms with Gasteiger partial charge in [-0.15, -0.1) is 0 Å². The molecule has 11 heteroatoms. The number of nitrogens with one attached hydrogen (secondary N) is 1. The first-order valence-electron chi connectivity index (χ1n) is 9.19. The Hall–Kier alpha value is -2.95. The number of amidine groups is 1. The molecular formula is C19H23F3N4O4. The second-order valence-corrected chi connectivity index (χ2v) is 6.70. The minimum atomic E-state index is -4.58. The molecule has 0 spiro atoms. The number of alkyl halides is 3. The predicted octanol–water partition coefficient (Wildman–Crippen LogP) is 2.09.